The van der Waals surface area contributed by atoms with Crippen LogP contribution in [0.25, 0.3) is 0 Å². The first kappa shape index (κ1) is 15.2. The molecule has 1 rings (SSSR count). The zero-order valence-corrected chi connectivity index (χ0v) is 11.4. The van der Waals surface area contributed by atoms with Crippen molar-refractivity contribution in [2.24, 2.45) is 11.5 Å². The number of hydrogen-bond donors (Lipinski definition) is 2. The molecule has 104 valence electrons. The zero-order valence-electron chi connectivity index (χ0n) is 11.4. The largest absolute Gasteiger partial charge is 0.368 e. The second-order valence-corrected chi connectivity index (χ2v) is 4.73. The Morgan fingerprint density at radius 2 is 2.00 bits per heavy atom. The van der Waals surface area contributed by atoms with Gasteiger partial charge in [-0.1, -0.05) is 12.1 Å². The van der Waals surface area contributed by atoms with E-state index < -0.39 is 5.91 Å². The summed E-state index contributed by atoms with van der Waals surface area (Å²) in [4.78, 5) is 24.9. The van der Waals surface area contributed by atoms with E-state index in [0.717, 1.165) is 12.0 Å². The Labute approximate surface area is 113 Å². The lowest BCUT2D eigenvalue weighted by molar-refractivity contribution is -0.119. The topological polar surface area (TPSA) is 89.4 Å². The highest BCUT2D eigenvalue weighted by Crippen LogP contribution is 2.11. The summed E-state index contributed by atoms with van der Waals surface area (Å²) in [7, 11) is 0. The molecule has 4 N–H and O–H groups in total. The van der Waals surface area contributed by atoms with Gasteiger partial charge in [-0.15, -0.1) is 0 Å². The molecule has 5 heteroatoms. The molecule has 0 heterocycles. The van der Waals surface area contributed by atoms with E-state index in [4.69, 9.17) is 11.5 Å². The van der Waals surface area contributed by atoms with Crippen molar-refractivity contribution < 1.29 is 9.59 Å². The molecule has 1 aromatic carbocycles. The number of nitrogens with zero attached hydrogens (tertiary/aromatic N) is 1. The van der Waals surface area contributed by atoms with Crippen LogP contribution in [-0.2, 0) is 11.2 Å². The minimum Gasteiger partial charge on any atom is -0.368 e. The van der Waals surface area contributed by atoms with Crippen molar-refractivity contribution in [2.45, 2.75) is 26.3 Å². The fourth-order valence-corrected chi connectivity index (χ4v) is 1.85. The summed E-state index contributed by atoms with van der Waals surface area (Å²) in [6.45, 7) is 4.17. The smallest absolute Gasteiger partial charge is 0.254 e. The van der Waals surface area contributed by atoms with Crippen molar-refractivity contribution in [1.29, 1.82) is 0 Å². The number of carbonyl (C=O) groups excluding carboxylic acids is 2. The lowest BCUT2D eigenvalue weighted by Gasteiger charge is -2.25. The van der Waals surface area contributed by atoms with Crippen molar-refractivity contribution in [1.82, 2.24) is 4.90 Å². The van der Waals surface area contributed by atoms with Gasteiger partial charge in [0.2, 0.25) is 5.91 Å². The van der Waals surface area contributed by atoms with Gasteiger partial charge in [-0.25, -0.2) is 0 Å². The summed E-state index contributed by atoms with van der Waals surface area (Å²) in [6, 6.07) is 7.21. The average Bonchev–Trinajstić information content (AvgIpc) is 2.35. The van der Waals surface area contributed by atoms with Crippen LogP contribution in [0.15, 0.2) is 24.3 Å². The summed E-state index contributed by atoms with van der Waals surface area (Å²) >= 11 is 0. The molecule has 0 spiro atoms. The maximum absolute atomic E-state index is 12.4. The molecule has 0 radical (unpaired) electrons. The minimum absolute atomic E-state index is 0.0718. The Morgan fingerprint density at radius 1 is 1.32 bits per heavy atom. The number of hydrogen-bond acceptors (Lipinski definition) is 3. The number of primary amides is 1. The fraction of sp³-hybridized carbons (Fsp3) is 0.429. The predicted octanol–water partition coefficient (Wildman–Crippen LogP) is 0.524. The summed E-state index contributed by atoms with van der Waals surface area (Å²) in [5, 5.41) is 0. The van der Waals surface area contributed by atoms with Crippen LogP contribution in [0.4, 0.5) is 0 Å². The lowest BCUT2D eigenvalue weighted by Crippen LogP contribution is -2.42. The second-order valence-electron chi connectivity index (χ2n) is 4.73. The quantitative estimate of drug-likeness (QED) is 0.784. The maximum atomic E-state index is 12.4. The van der Waals surface area contributed by atoms with Crippen LogP contribution in [0.1, 0.15) is 29.8 Å². The number of nitrogens with two attached hydrogens (primary N) is 2. The third-order valence-corrected chi connectivity index (χ3v) is 2.82. The SMILES string of the molecule is CC(C)N(CC(N)=O)C(=O)c1cccc(CCN)c1. The average molecular weight is 263 g/mol. The Bertz CT molecular complexity index is 458. The van der Waals surface area contributed by atoms with Gasteiger partial charge in [0, 0.05) is 11.6 Å². The molecule has 0 saturated carbocycles. The van der Waals surface area contributed by atoms with Crippen molar-refractivity contribution in [3.05, 3.63) is 35.4 Å². The first-order chi connectivity index (χ1) is 8.95. The summed E-state index contributed by atoms with van der Waals surface area (Å²) < 4.78 is 0. The molecule has 0 aliphatic rings. The first-order valence-corrected chi connectivity index (χ1v) is 6.34. The van der Waals surface area contributed by atoms with Gasteiger partial charge in [-0.05, 0) is 44.5 Å². The van der Waals surface area contributed by atoms with Crippen LogP contribution in [0, 0.1) is 0 Å². The van der Waals surface area contributed by atoms with Crippen LogP contribution in [0.3, 0.4) is 0 Å². The van der Waals surface area contributed by atoms with Crippen LogP contribution in [-0.4, -0.2) is 35.8 Å². The van der Waals surface area contributed by atoms with Gasteiger partial charge in [0.05, 0.1) is 6.54 Å². The van der Waals surface area contributed by atoms with E-state index in [1.165, 1.54) is 4.90 Å². The van der Waals surface area contributed by atoms with Crippen molar-refractivity contribution in [3.63, 3.8) is 0 Å². The highest BCUT2D eigenvalue weighted by molar-refractivity contribution is 5.96. The number of rotatable bonds is 6. The van der Waals surface area contributed by atoms with E-state index in [0.29, 0.717) is 12.1 Å². The van der Waals surface area contributed by atoms with Gasteiger partial charge in [0.15, 0.2) is 0 Å². The van der Waals surface area contributed by atoms with Gasteiger partial charge in [-0.3, -0.25) is 9.59 Å². The molecular weight excluding hydrogens is 242 g/mol. The fourth-order valence-electron chi connectivity index (χ4n) is 1.85. The molecule has 5 nitrogen and oxygen atoms in total. The summed E-state index contributed by atoms with van der Waals surface area (Å²) in [5.74, 6) is -0.701. The van der Waals surface area contributed by atoms with E-state index in [1.54, 1.807) is 6.07 Å². The van der Waals surface area contributed by atoms with Crippen LogP contribution < -0.4 is 11.5 Å². The van der Waals surface area contributed by atoms with E-state index in [9.17, 15) is 9.59 Å². The molecule has 0 saturated heterocycles. The molecule has 0 aromatic heterocycles. The molecule has 0 atom stereocenters. The second kappa shape index (κ2) is 6.89. The minimum atomic E-state index is -0.514. The third kappa shape index (κ3) is 4.37. The van der Waals surface area contributed by atoms with Gasteiger partial charge in [0.25, 0.3) is 5.91 Å². The molecule has 19 heavy (non-hydrogen) atoms. The van der Waals surface area contributed by atoms with Crippen LogP contribution in [0.2, 0.25) is 0 Å². The molecule has 0 bridgehead atoms. The molecule has 0 unspecified atom stereocenters. The molecule has 1 aromatic rings. The molecule has 0 aliphatic heterocycles. The highest BCUT2D eigenvalue weighted by atomic mass is 16.2. The number of carbonyl (C=O) groups is 2. The molecule has 0 fully saturated rings. The first-order valence-electron chi connectivity index (χ1n) is 6.34. The number of amides is 2. The van der Waals surface area contributed by atoms with E-state index in [2.05, 4.69) is 0 Å². The van der Waals surface area contributed by atoms with Crippen LogP contribution in [0.5, 0.6) is 0 Å². The van der Waals surface area contributed by atoms with Gasteiger partial charge >= 0.3 is 0 Å². The Kier molecular flexibility index (Phi) is 5.51. The Hall–Kier alpha value is -1.88. The Morgan fingerprint density at radius 3 is 2.53 bits per heavy atom. The molecule has 2 amide bonds. The number of benzene rings is 1. The third-order valence-electron chi connectivity index (χ3n) is 2.82. The van der Waals surface area contributed by atoms with E-state index in [-0.39, 0.29) is 18.5 Å². The standard InChI is InChI=1S/C14H21N3O2/c1-10(2)17(9-13(16)18)14(19)12-5-3-4-11(8-12)6-7-15/h3-5,8,10H,6-7,9,15H2,1-2H3,(H2,16,18). The van der Waals surface area contributed by atoms with Gasteiger partial charge < -0.3 is 16.4 Å². The predicted molar refractivity (Wildman–Crippen MR) is 74.6 cm³/mol. The lowest BCUT2D eigenvalue weighted by atomic mass is 10.1. The normalized spacial score (nSPS) is 10.5. The van der Waals surface area contributed by atoms with Crippen molar-refractivity contribution >= 4 is 11.8 Å². The monoisotopic (exact) mass is 263 g/mol. The summed E-state index contributed by atoms with van der Waals surface area (Å²) in [5.41, 5.74) is 12.2. The van der Waals surface area contributed by atoms with E-state index >= 15 is 0 Å². The molecule has 0 aliphatic carbocycles. The van der Waals surface area contributed by atoms with Gasteiger partial charge in [0.1, 0.15) is 0 Å². The van der Waals surface area contributed by atoms with Crippen molar-refractivity contribution in [3.8, 4) is 0 Å². The maximum Gasteiger partial charge on any atom is 0.254 e. The van der Waals surface area contributed by atoms with Crippen molar-refractivity contribution in [2.75, 3.05) is 13.1 Å². The molecular formula is C14H21N3O2. The zero-order chi connectivity index (χ0) is 14.4. The Balaban J connectivity index is 2.95. The summed E-state index contributed by atoms with van der Waals surface area (Å²) in [6.07, 6.45) is 0.721. The highest BCUT2D eigenvalue weighted by Gasteiger charge is 2.20. The van der Waals surface area contributed by atoms with Crippen LogP contribution >= 0.6 is 0 Å². The van der Waals surface area contributed by atoms with E-state index in [1.807, 2.05) is 32.0 Å². The van der Waals surface area contributed by atoms with Gasteiger partial charge in [-0.2, -0.15) is 0 Å².